The van der Waals surface area contributed by atoms with E-state index in [0.717, 1.165) is 11.1 Å². The molecule has 0 aliphatic rings. The predicted octanol–water partition coefficient (Wildman–Crippen LogP) is 2.56. The summed E-state index contributed by atoms with van der Waals surface area (Å²) in [7, 11) is 1.31. The number of methoxy groups -OCH3 is 1. The number of rotatable bonds is 3. The Morgan fingerprint density at radius 2 is 1.87 bits per heavy atom. The van der Waals surface area contributed by atoms with Gasteiger partial charge in [-0.2, -0.15) is 4.68 Å². The molecule has 3 rings (SSSR count). The van der Waals surface area contributed by atoms with Crippen molar-refractivity contribution in [3.05, 3.63) is 59.7 Å². The first kappa shape index (κ1) is 14.8. The topological polar surface area (TPSA) is 69.9 Å². The Hall–Kier alpha value is -3.09. The maximum Gasteiger partial charge on any atom is 0.337 e. The lowest BCUT2D eigenvalue weighted by Gasteiger charge is -2.09. The van der Waals surface area contributed by atoms with E-state index in [-0.39, 0.29) is 5.82 Å². The summed E-state index contributed by atoms with van der Waals surface area (Å²) < 4.78 is 19.4. The van der Waals surface area contributed by atoms with Crippen LogP contribution in [0.15, 0.2) is 42.5 Å². The first-order valence-electron chi connectivity index (χ1n) is 6.83. The molecule has 3 aromatic rings. The van der Waals surface area contributed by atoms with Crippen LogP contribution < -0.4 is 0 Å². The van der Waals surface area contributed by atoms with Gasteiger partial charge in [0, 0.05) is 0 Å². The van der Waals surface area contributed by atoms with Gasteiger partial charge in [-0.05, 0) is 58.8 Å². The third kappa shape index (κ3) is 2.94. The molecule has 0 unspecified atom stereocenters. The Kier molecular flexibility index (Phi) is 3.84. The zero-order valence-electron chi connectivity index (χ0n) is 12.5. The van der Waals surface area contributed by atoms with Gasteiger partial charge in [-0.15, -0.1) is 5.10 Å². The minimum Gasteiger partial charge on any atom is -0.465 e. The first-order valence-corrected chi connectivity index (χ1v) is 6.83. The molecule has 0 aliphatic heterocycles. The lowest BCUT2D eigenvalue weighted by atomic mass is 10.0. The van der Waals surface area contributed by atoms with Crippen LogP contribution in [0.2, 0.25) is 0 Å². The van der Waals surface area contributed by atoms with Crippen LogP contribution in [0.1, 0.15) is 16.2 Å². The summed E-state index contributed by atoms with van der Waals surface area (Å²) in [5, 5.41) is 11.3. The van der Waals surface area contributed by atoms with E-state index in [0.29, 0.717) is 17.1 Å². The molecule has 0 radical (unpaired) electrons. The third-order valence-corrected chi connectivity index (χ3v) is 3.39. The molecule has 6 nitrogen and oxygen atoms in total. The van der Waals surface area contributed by atoms with E-state index in [2.05, 4.69) is 15.5 Å². The highest BCUT2D eigenvalue weighted by atomic mass is 19.1. The van der Waals surface area contributed by atoms with Crippen molar-refractivity contribution in [2.45, 2.75) is 6.92 Å². The molecule has 2 aromatic carbocycles. The van der Waals surface area contributed by atoms with Crippen LogP contribution in [0.5, 0.6) is 0 Å². The Bertz CT molecular complexity index is 859. The Morgan fingerprint density at radius 1 is 1.13 bits per heavy atom. The number of nitrogens with zero attached hydrogens (tertiary/aromatic N) is 4. The van der Waals surface area contributed by atoms with Crippen LogP contribution >= 0.6 is 0 Å². The largest absolute Gasteiger partial charge is 0.465 e. The fourth-order valence-electron chi connectivity index (χ4n) is 2.25. The molecule has 0 N–H and O–H groups in total. The molecular formula is C16H13FN4O2. The smallest absolute Gasteiger partial charge is 0.337 e. The number of halogens is 1. The second-order valence-corrected chi connectivity index (χ2v) is 4.90. The number of aromatic nitrogens is 4. The monoisotopic (exact) mass is 312 g/mol. The predicted molar refractivity (Wildman–Crippen MR) is 80.6 cm³/mol. The van der Waals surface area contributed by atoms with Gasteiger partial charge < -0.3 is 4.74 Å². The van der Waals surface area contributed by atoms with E-state index < -0.39 is 5.97 Å². The van der Waals surface area contributed by atoms with Crippen molar-refractivity contribution in [1.82, 2.24) is 20.2 Å². The summed E-state index contributed by atoms with van der Waals surface area (Å²) in [4.78, 5) is 11.9. The van der Waals surface area contributed by atoms with E-state index in [1.807, 2.05) is 6.07 Å². The van der Waals surface area contributed by atoms with Gasteiger partial charge >= 0.3 is 5.97 Å². The van der Waals surface area contributed by atoms with Gasteiger partial charge in [0.15, 0.2) is 5.82 Å². The summed E-state index contributed by atoms with van der Waals surface area (Å²) in [6, 6.07) is 11.2. The van der Waals surface area contributed by atoms with E-state index in [4.69, 9.17) is 4.74 Å². The molecule has 0 saturated heterocycles. The standard InChI is InChI=1S/C16H13FN4O2/c1-10-18-19-20-21(10)15-8-12(7-13(9-15)16(22)23-2)11-3-5-14(17)6-4-11/h3-9H,1-2H3. The van der Waals surface area contributed by atoms with Gasteiger partial charge in [-0.25, -0.2) is 9.18 Å². The summed E-state index contributed by atoms with van der Waals surface area (Å²) in [5.41, 5.74) is 2.48. The maximum absolute atomic E-state index is 13.1. The van der Waals surface area contributed by atoms with Crippen LogP contribution in [0.25, 0.3) is 16.8 Å². The van der Waals surface area contributed by atoms with Crippen LogP contribution in [0.4, 0.5) is 4.39 Å². The zero-order valence-corrected chi connectivity index (χ0v) is 12.5. The molecule has 1 heterocycles. The minimum atomic E-state index is -0.471. The van der Waals surface area contributed by atoms with Gasteiger partial charge in [0.1, 0.15) is 5.82 Å². The van der Waals surface area contributed by atoms with Gasteiger partial charge in [-0.1, -0.05) is 12.1 Å². The van der Waals surface area contributed by atoms with Crippen LogP contribution in [0, 0.1) is 12.7 Å². The summed E-state index contributed by atoms with van der Waals surface area (Å²) >= 11 is 0. The molecule has 0 aliphatic carbocycles. The molecule has 23 heavy (non-hydrogen) atoms. The van der Waals surface area contributed by atoms with Crippen molar-refractivity contribution in [1.29, 1.82) is 0 Å². The van der Waals surface area contributed by atoms with Crippen LogP contribution in [-0.2, 0) is 4.74 Å². The van der Waals surface area contributed by atoms with Crippen molar-refractivity contribution in [2.24, 2.45) is 0 Å². The second-order valence-electron chi connectivity index (χ2n) is 4.90. The van der Waals surface area contributed by atoms with Crippen molar-refractivity contribution < 1.29 is 13.9 Å². The van der Waals surface area contributed by atoms with E-state index in [1.165, 1.54) is 23.9 Å². The second kappa shape index (κ2) is 5.96. The van der Waals surface area contributed by atoms with Gasteiger partial charge in [0.2, 0.25) is 0 Å². The third-order valence-electron chi connectivity index (χ3n) is 3.39. The molecule has 0 amide bonds. The number of tetrazole rings is 1. The SMILES string of the molecule is COC(=O)c1cc(-c2ccc(F)cc2)cc(-n2nnnc2C)c1. The summed E-state index contributed by atoms with van der Waals surface area (Å²) in [5.74, 6) is -0.215. The summed E-state index contributed by atoms with van der Waals surface area (Å²) in [6.45, 7) is 1.75. The first-order chi connectivity index (χ1) is 11.1. The number of benzene rings is 2. The molecule has 0 bridgehead atoms. The fourth-order valence-corrected chi connectivity index (χ4v) is 2.25. The van der Waals surface area contributed by atoms with Crippen LogP contribution in [-0.4, -0.2) is 33.3 Å². The Labute approximate surface area is 131 Å². The quantitative estimate of drug-likeness (QED) is 0.695. The average molecular weight is 312 g/mol. The van der Waals surface area contributed by atoms with E-state index in [9.17, 15) is 9.18 Å². The fraction of sp³-hybridized carbons (Fsp3) is 0.125. The Balaban J connectivity index is 2.17. The molecule has 0 atom stereocenters. The molecular weight excluding hydrogens is 299 g/mol. The number of carbonyl (C=O) groups is 1. The zero-order chi connectivity index (χ0) is 16.4. The van der Waals surface area contributed by atoms with Crippen LogP contribution in [0.3, 0.4) is 0 Å². The average Bonchev–Trinajstić information content (AvgIpc) is 3.00. The van der Waals surface area contributed by atoms with Crippen molar-refractivity contribution >= 4 is 5.97 Å². The maximum atomic E-state index is 13.1. The molecule has 0 saturated carbocycles. The molecule has 116 valence electrons. The number of hydrogen-bond acceptors (Lipinski definition) is 5. The number of aryl methyl sites for hydroxylation is 1. The number of esters is 1. The highest BCUT2D eigenvalue weighted by Gasteiger charge is 2.13. The van der Waals surface area contributed by atoms with Gasteiger partial charge in [0.05, 0.1) is 18.4 Å². The minimum absolute atomic E-state index is 0.325. The number of ether oxygens (including phenoxy) is 1. The lowest BCUT2D eigenvalue weighted by Crippen LogP contribution is -2.06. The van der Waals surface area contributed by atoms with E-state index in [1.54, 1.807) is 31.2 Å². The van der Waals surface area contributed by atoms with E-state index >= 15 is 0 Å². The molecule has 1 aromatic heterocycles. The van der Waals surface area contributed by atoms with Crippen molar-refractivity contribution in [3.63, 3.8) is 0 Å². The number of carbonyl (C=O) groups excluding carboxylic acids is 1. The normalized spacial score (nSPS) is 10.6. The molecule has 7 heteroatoms. The Morgan fingerprint density at radius 3 is 2.48 bits per heavy atom. The molecule has 0 fully saturated rings. The summed E-state index contributed by atoms with van der Waals surface area (Å²) in [6.07, 6.45) is 0. The van der Waals surface area contributed by atoms with Crippen molar-refractivity contribution in [3.8, 4) is 16.8 Å². The highest BCUT2D eigenvalue weighted by Crippen LogP contribution is 2.25. The lowest BCUT2D eigenvalue weighted by molar-refractivity contribution is 0.0600. The highest BCUT2D eigenvalue weighted by molar-refractivity contribution is 5.92. The molecule has 0 spiro atoms. The number of hydrogen-bond donors (Lipinski definition) is 0. The van der Waals surface area contributed by atoms with Crippen molar-refractivity contribution in [2.75, 3.05) is 7.11 Å². The van der Waals surface area contributed by atoms with Gasteiger partial charge in [-0.3, -0.25) is 0 Å². The van der Waals surface area contributed by atoms with Gasteiger partial charge in [0.25, 0.3) is 0 Å².